The molecule has 20 heavy (non-hydrogen) atoms. The number of rotatable bonds is 4. The Kier molecular flexibility index (Phi) is 4.73. The van der Waals surface area contributed by atoms with E-state index in [4.69, 9.17) is 15.4 Å². The molecule has 2 rings (SSSR count). The molecule has 0 unspecified atom stereocenters. The Labute approximate surface area is 131 Å². The summed E-state index contributed by atoms with van der Waals surface area (Å²) in [7, 11) is 1.57. The van der Waals surface area contributed by atoms with Crippen molar-refractivity contribution in [3.63, 3.8) is 0 Å². The van der Waals surface area contributed by atoms with Gasteiger partial charge in [0.15, 0.2) is 0 Å². The van der Waals surface area contributed by atoms with Crippen LogP contribution in [0.15, 0.2) is 51.8 Å². The summed E-state index contributed by atoms with van der Waals surface area (Å²) < 4.78 is 29.3. The van der Waals surface area contributed by atoms with Crippen molar-refractivity contribution in [1.82, 2.24) is 0 Å². The van der Waals surface area contributed by atoms with Gasteiger partial charge in [0.05, 0.1) is 0 Å². The lowest BCUT2D eigenvalue weighted by Gasteiger charge is -2.11. The molecule has 0 saturated carbocycles. The van der Waals surface area contributed by atoms with E-state index in [1.807, 2.05) is 31.2 Å². The van der Waals surface area contributed by atoms with Gasteiger partial charge in [0, 0.05) is 15.2 Å². The summed E-state index contributed by atoms with van der Waals surface area (Å²) in [6.45, 7) is 2.26. The van der Waals surface area contributed by atoms with Crippen LogP contribution in [0.2, 0.25) is 0 Å². The molecule has 2 aromatic rings. The normalized spacial score (nSPS) is 11.3. The van der Waals surface area contributed by atoms with Crippen LogP contribution in [-0.2, 0) is 15.7 Å². The fraction of sp³-hybridized carbons (Fsp3) is 0.143. The van der Waals surface area contributed by atoms with E-state index in [0.717, 1.165) is 11.1 Å². The number of hydrogen-bond donors (Lipinski definition) is 0. The van der Waals surface area contributed by atoms with Crippen molar-refractivity contribution in [2.45, 2.75) is 18.4 Å². The molecule has 6 heteroatoms. The van der Waals surface area contributed by atoms with E-state index in [1.165, 1.54) is 6.07 Å². The highest BCUT2D eigenvalue weighted by Gasteiger charge is 2.17. The first kappa shape index (κ1) is 15.4. The maximum Gasteiger partial charge on any atom is 0.265 e. The molecule has 0 aliphatic rings. The van der Waals surface area contributed by atoms with Gasteiger partial charge in [-0.3, -0.25) is 0 Å². The number of benzene rings is 2. The highest BCUT2D eigenvalue weighted by molar-refractivity contribution is 9.10. The molecule has 0 aliphatic carbocycles. The molecular formula is C14H12BrClO3S. The Hall–Kier alpha value is -1.04. The number of halogens is 2. The molecule has 0 atom stereocenters. The van der Waals surface area contributed by atoms with Crippen LogP contribution in [0.5, 0.6) is 5.75 Å². The fourth-order valence-electron chi connectivity index (χ4n) is 1.72. The number of hydrogen-bond acceptors (Lipinski definition) is 3. The molecule has 0 amide bonds. The van der Waals surface area contributed by atoms with Gasteiger partial charge < -0.3 is 4.74 Å². The fourth-order valence-corrected chi connectivity index (χ4v) is 3.23. The first-order valence-corrected chi connectivity index (χ1v) is 8.89. The van der Waals surface area contributed by atoms with Crippen molar-refractivity contribution in [3.05, 3.63) is 58.1 Å². The molecule has 0 spiro atoms. The maximum atomic E-state index is 11.5. The Morgan fingerprint density at radius 2 is 1.90 bits per heavy atom. The zero-order valence-electron chi connectivity index (χ0n) is 10.6. The summed E-state index contributed by atoms with van der Waals surface area (Å²) in [4.78, 5) is -0.0397. The van der Waals surface area contributed by atoms with E-state index in [1.54, 1.807) is 12.1 Å². The van der Waals surface area contributed by atoms with Crippen LogP contribution in [0, 0.1) is 6.92 Å². The van der Waals surface area contributed by atoms with Crippen LogP contribution < -0.4 is 4.74 Å². The Bertz CT molecular complexity index is 729. The van der Waals surface area contributed by atoms with Gasteiger partial charge >= 0.3 is 0 Å². The second kappa shape index (κ2) is 6.16. The third kappa shape index (κ3) is 3.75. The molecule has 2 aromatic carbocycles. The zero-order chi connectivity index (χ0) is 14.8. The lowest BCUT2D eigenvalue weighted by molar-refractivity contribution is 0.297. The quantitative estimate of drug-likeness (QED) is 0.750. The van der Waals surface area contributed by atoms with Crippen molar-refractivity contribution in [2.24, 2.45) is 0 Å². The molecular weight excluding hydrogens is 364 g/mol. The maximum absolute atomic E-state index is 11.5. The predicted octanol–water partition coefficient (Wildman–Crippen LogP) is 4.26. The molecule has 0 saturated heterocycles. The van der Waals surface area contributed by atoms with E-state index in [0.29, 0.717) is 4.47 Å². The summed E-state index contributed by atoms with van der Waals surface area (Å²) in [5.41, 5.74) is 2.08. The highest BCUT2D eigenvalue weighted by Crippen LogP contribution is 2.30. The number of ether oxygens (including phenoxy) is 1. The van der Waals surface area contributed by atoms with Gasteiger partial charge in [0.25, 0.3) is 9.05 Å². The monoisotopic (exact) mass is 374 g/mol. The first-order valence-electron chi connectivity index (χ1n) is 5.79. The van der Waals surface area contributed by atoms with Crippen molar-refractivity contribution in [1.29, 1.82) is 0 Å². The second-order valence-corrected chi connectivity index (χ2v) is 7.69. The third-order valence-electron chi connectivity index (χ3n) is 2.81. The SMILES string of the molecule is Cc1ccccc1COc1ccc(Br)cc1S(=O)(=O)Cl. The van der Waals surface area contributed by atoms with Gasteiger partial charge in [0.2, 0.25) is 0 Å². The van der Waals surface area contributed by atoms with Crippen LogP contribution in [0.3, 0.4) is 0 Å². The van der Waals surface area contributed by atoms with Gasteiger partial charge in [-0.2, -0.15) is 0 Å². The van der Waals surface area contributed by atoms with Crippen LogP contribution >= 0.6 is 26.6 Å². The topological polar surface area (TPSA) is 43.4 Å². The minimum absolute atomic E-state index is 0.0397. The zero-order valence-corrected chi connectivity index (χ0v) is 13.8. The summed E-state index contributed by atoms with van der Waals surface area (Å²) >= 11 is 3.22. The lowest BCUT2D eigenvalue weighted by atomic mass is 10.1. The van der Waals surface area contributed by atoms with Gasteiger partial charge in [0.1, 0.15) is 17.3 Å². The predicted molar refractivity (Wildman–Crippen MR) is 82.7 cm³/mol. The molecule has 0 N–H and O–H groups in total. The van der Waals surface area contributed by atoms with Crippen molar-refractivity contribution in [2.75, 3.05) is 0 Å². The smallest absolute Gasteiger partial charge is 0.265 e. The van der Waals surface area contributed by atoms with Crippen molar-refractivity contribution < 1.29 is 13.2 Å². The molecule has 3 nitrogen and oxygen atoms in total. The summed E-state index contributed by atoms with van der Waals surface area (Å²) in [5.74, 6) is 0.242. The molecule has 0 heterocycles. The summed E-state index contributed by atoms with van der Waals surface area (Å²) in [6.07, 6.45) is 0. The van der Waals surface area contributed by atoms with E-state index in [2.05, 4.69) is 15.9 Å². The van der Waals surface area contributed by atoms with E-state index < -0.39 is 9.05 Å². The minimum Gasteiger partial charge on any atom is -0.487 e. The molecule has 106 valence electrons. The average molecular weight is 376 g/mol. The van der Waals surface area contributed by atoms with E-state index >= 15 is 0 Å². The lowest BCUT2D eigenvalue weighted by Crippen LogP contribution is -2.02. The van der Waals surface area contributed by atoms with Crippen LogP contribution in [0.1, 0.15) is 11.1 Å². The summed E-state index contributed by atoms with van der Waals surface area (Å²) in [5, 5.41) is 0. The molecule has 0 bridgehead atoms. The van der Waals surface area contributed by atoms with Gasteiger partial charge in [-0.1, -0.05) is 40.2 Å². The van der Waals surface area contributed by atoms with Crippen LogP contribution in [-0.4, -0.2) is 8.42 Å². The van der Waals surface area contributed by atoms with Gasteiger partial charge in [-0.25, -0.2) is 8.42 Å². The van der Waals surface area contributed by atoms with E-state index in [-0.39, 0.29) is 17.3 Å². The molecule has 0 aliphatic heterocycles. The van der Waals surface area contributed by atoms with Crippen molar-refractivity contribution >= 4 is 35.7 Å². The third-order valence-corrected chi connectivity index (χ3v) is 4.65. The van der Waals surface area contributed by atoms with Crippen molar-refractivity contribution in [3.8, 4) is 5.75 Å². The van der Waals surface area contributed by atoms with Crippen LogP contribution in [0.25, 0.3) is 0 Å². The second-order valence-electron chi connectivity index (χ2n) is 4.24. The standard InChI is InChI=1S/C14H12BrClO3S/c1-10-4-2-3-5-11(10)9-19-13-7-6-12(15)8-14(13)20(16,17)18/h2-8H,9H2,1H3. The number of aryl methyl sites for hydroxylation is 1. The minimum atomic E-state index is -3.85. The Morgan fingerprint density at radius 3 is 2.55 bits per heavy atom. The highest BCUT2D eigenvalue weighted by atomic mass is 79.9. The Morgan fingerprint density at radius 1 is 1.20 bits per heavy atom. The summed E-state index contributed by atoms with van der Waals surface area (Å²) in [6, 6.07) is 12.5. The van der Waals surface area contributed by atoms with Gasteiger partial charge in [-0.05, 0) is 36.2 Å². The molecule has 0 aromatic heterocycles. The first-order chi connectivity index (χ1) is 9.38. The largest absolute Gasteiger partial charge is 0.487 e. The van der Waals surface area contributed by atoms with E-state index in [9.17, 15) is 8.42 Å². The van der Waals surface area contributed by atoms with Crippen LogP contribution in [0.4, 0.5) is 0 Å². The molecule has 0 radical (unpaired) electrons. The average Bonchev–Trinajstić information content (AvgIpc) is 2.38. The Balaban J connectivity index is 2.29. The van der Waals surface area contributed by atoms with Gasteiger partial charge in [-0.15, -0.1) is 0 Å². The molecule has 0 fully saturated rings.